The summed E-state index contributed by atoms with van der Waals surface area (Å²) in [4.78, 5) is 30.6. The Kier molecular flexibility index (Phi) is 5.29. The lowest BCUT2D eigenvalue weighted by Crippen LogP contribution is -2.08. The third-order valence-electron chi connectivity index (χ3n) is 4.06. The van der Waals surface area contributed by atoms with E-state index in [4.69, 9.17) is 13.7 Å². The van der Waals surface area contributed by atoms with Gasteiger partial charge in [0.2, 0.25) is 11.7 Å². The minimum atomic E-state index is -0.530. The molecule has 10 nitrogen and oxygen atoms in total. The summed E-state index contributed by atoms with van der Waals surface area (Å²) in [7, 11) is 0. The van der Waals surface area contributed by atoms with E-state index in [1.165, 1.54) is 30.5 Å². The molecule has 0 unspecified atom stereocenters. The van der Waals surface area contributed by atoms with Crippen LogP contribution in [0, 0.1) is 10.1 Å². The fraction of sp³-hybridized carbons (Fsp3) is 0.100. The fourth-order valence-electron chi connectivity index (χ4n) is 2.61. The molecule has 0 saturated carbocycles. The summed E-state index contributed by atoms with van der Waals surface area (Å²) in [6.45, 7) is -0.206. The number of nitrogens with zero attached hydrogens (tertiary/aromatic N) is 4. The van der Waals surface area contributed by atoms with Crippen LogP contribution in [0.1, 0.15) is 11.6 Å². The quantitative estimate of drug-likeness (QED) is 0.256. The number of hydrogen-bond acceptors (Lipinski definition) is 9. The van der Waals surface area contributed by atoms with Crippen LogP contribution in [0.5, 0.6) is 0 Å². The number of esters is 1. The van der Waals surface area contributed by atoms with Gasteiger partial charge in [-0.25, -0.2) is 4.98 Å². The van der Waals surface area contributed by atoms with Crippen LogP contribution in [-0.2, 0) is 22.6 Å². The molecule has 2 aromatic carbocycles. The van der Waals surface area contributed by atoms with E-state index in [-0.39, 0.29) is 30.4 Å². The lowest BCUT2D eigenvalue weighted by atomic mass is 10.2. The van der Waals surface area contributed by atoms with Gasteiger partial charge in [0.25, 0.3) is 11.6 Å². The standard InChI is InChI=1S/C20H14N4O6/c25-18(10-15-11-29-20(21-15)14-4-2-1-3-5-14)28-12-17-22-19(23-30-17)13-6-8-16(9-7-13)24(26)27/h1-9,11H,10,12H2. The number of aromatic nitrogens is 3. The third kappa shape index (κ3) is 4.38. The minimum absolute atomic E-state index is 0.0420. The van der Waals surface area contributed by atoms with Crippen molar-refractivity contribution < 1.29 is 23.4 Å². The Morgan fingerprint density at radius 1 is 1.03 bits per heavy atom. The minimum Gasteiger partial charge on any atom is -0.455 e. The molecule has 10 heteroatoms. The first-order valence-corrected chi connectivity index (χ1v) is 8.81. The Bertz CT molecular complexity index is 1170. The van der Waals surface area contributed by atoms with Gasteiger partial charge in [-0.2, -0.15) is 4.98 Å². The molecule has 0 fully saturated rings. The van der Waals surface area contributed by atoms with Gasteiger partial charge in [0.1, 0.15) is 6.26 Å². The Hall–Kier alpha value is -4.34. The van der Waals surface area contributed by atoms with Crippen LogP contribution >= 0.6 is 0 Å². The largest absolute Gasteiger partial charge is 0.455 e. The van der Waals surface area contributed by atoms with Crippen molar-refractivity contribution in [3.63, 3.8) is 0 Å². The van der Waals surface area contributed by atoms with E-state index < -0.39 is 10.9 Å². The molecule has 0 spiro atoms. The van der Waals surface area contributed by atoms with Crippen molar-refractivity contribution in [2.24, 2.45) is 0 Å². The van der Waals surface area contributed by atoms with Crippen LogP contribution in [0.15, 0.2) is 69.8 Å². The number of oxazole rings is 1. The average molecular weight is 406 g/mol. The van der Waals surface area contributed by atoms with Gasteiger partial charge in [-0.3, -0.25) is 14.9 Å². The summed E-state index contributed by atoms with van der Waals surface area (Å²) in [5.41, 5.74) is 1.75. The Labute approximate surface area is 169 Å². The molecule has 0 bridgehead atoms. The molecular formula is C20H14N4O6. The number of non-ortho nitro benzene ring substituents is 1. The molecule has 0 N–H and O–H groups in total. The number of rotatable bonds is 7. The second kappa shape index (κ2) is 8.35. The van der Waals surface area contributed by atoms with E-state index in [0.717, 1.165) is 5.56 Å². The summed E-state index contributed by atoms with van der Waals surface area (Å²) < 4.78 is 15.6. The van der Waals surface area contributed by atoms with Gasteiger partial charge >= 0.3 is 5.97 Å². The monoisotopic (exact) mass is 406 g/mol. The van der Waals surface area contributed by atoms with E-state index in [1.54, 1.807) is 0 Å². The van der Waals surface area contributed by atoms with E-state index >= 15 is 0 Å². The first kappa shape index (κ1) is 19.0. The highest BCUT2D eigenvalue weighted by Gasteiger charge is 2.15. The van der Waals surface area contributed by atoms with Crippen molar-refractivity contribution in [3.8, 4) is 22.8 Å². The van der Waals surface area contributed by atoms with E-state index in [2.05, 4.69) is 15.1 Å². The summed E-state index contributed by atoms with van der Waals surface area (Å²) >= 11 is 0. The lowest BCUT2D eigenvalue weighted by molar-refractivity contribution is -0.384. The summed E-state index contributed by atoms with van der Waals surface area (Å²) in [6.07, 6.45) is 1.34. The Morgan fingerprint density at radius 2 is 1.80 bits per heavy atom. The second-order valence-corrected chi connectivity index (χ2v) is 6.16. The van der Waals surface area contributed by atoms with Crippen molar-refractivity contribution in [2.45, 2.75) is 13.0 Å². The normalized spacial score (nSPS) is 10.7. The van der Waals surface area contributed by atoms with Crippen LogP contribution in [0.4, 0.5) is 5.69 Å². The van der Waals surface area contributed by atoms with Crippen molar-refractivity contribution in [1.82, 2.24) is 15.1 Å². The first-order chi connectivity index (χ1) is 14.6. The van der Waals surface area contributed by atoms with Crippen LogP contribution in [0.3, 0.4) is 0 Å². The first-order valence-electron chi connectivity index (χ1n) is 8.81. The van der Waals surface area contributed by atoms with Gasteiger partial charge < -0.3 is 13.7 Å². The maximum absolute atomic E-state index is 12.1. The highest BCUT2D eigenvalue weighted by atomic mass is 16.6. The summed E-state index contributed by atoms with van der Waals surface area (Å²) in [5.74, 6) is 0.225. The van der Waals surface area contributed by atoms with Crippen molar-refractivity contribution in [3.05, 3.63) is 82.6 Å². The third-order valence-corrected chi connectivity index (χ3v) is 4.06. The second-order valence-electron chi connectivity index (χ2n) is 6.16. The molecule has 30 heavy (non-hydrogen) atoms. The molecule has 0 aliphatic rings. The van der Waals surface area contributed by atoms with Crippen LogP contribution < -0.4 is 0 Å². The number of carbonyl (C=O) groups excluding carboxylic acids is 1. The molecular weight excluding hydrogens is 392 g/mol. The maximum atomic E-state index is 12.1. The molecule has 0 aliphatic carbocycles. The molecule has 2 heterocycles. The van der Waals surface area contributed by atoms with Crippen LogP contribution in [0.25, 0.3) is 22.8 Å². The summed E-state index contributed by atoms with van der Waals surface area (Å²) in [5, 5.41) is 14.5. The smallest absolute Gasteiger partial charge is 0.312 e. The number of hydrogen-bond donors (Lipinski definition) is 0. The molecule has 150 valence electrons. The zero-order valence-electron chi connectivity index (χ0n) is 15.4. The topological polar surface area (TPSA) is 134 Å². The predicted molar refractivity (Wildman–Crippen MR) is 102 cm³/mol. The van der Waals surface area contributed by atoms with E-state index in [1.807, 2.05) is 30.3 Å². The van der Waals surface area contributed by atoms with Crippen molar-refractivity contribution >= 4 is 11.7 Å². The molecule has 0 saturated heterocycles. The highest BCUT2D eigenvalue weighted by Crippen LogP contribution is 2.20. The number of nitro benzene ring substituents is 1. The molecule has 0 atom stereocenters. The SMILES string of the molecule is O=C(Cc1coc(-c2ccccc2)n1)OCc1nc(-c2ccc([N+](=O)[O-])cc2)no1. The average Bonchev–Trinajstić information content (AvgIpc) is 3.43. The number of carbonyl (C=O) groups is 1. The molecule has 2 aromatic heterocycles. The lowest BCUT2D eigenvalue weighted by Gasteiger charge is -1.99. The Morgan fingerprint density at radius 3 is 2.53 bits per heavy atom. The van der Waals surface area contributed by atoms with Crippen LogP contribution in [-0.4, -0.2) is 26.0 Å². The van der Waals surface area contributed by atoms with Gasteiger partial charge in [0.05, 0.1) is 17.0 Å². The van der Waals surface area contributed by atoms with E-state index in [9.17, 15) is 14.9 Å². The fourth-order valence-corrected chi connectivity index (χ4v) is 2.61. The number of nitro groups is 1. The highest BCUT2D eigenvalue weighted by molar-refractivity contribution is 5.72. The number of ether oxygens (including phenoxy) is 1. The van der Waals surface area contributed by atoms with Crippen LogP contribution in [0.2, 0.25) is 0 Å². The molecule has 0 aliphatic heterocycles. The van der Waals surface area contributed by atoms with Gasteiger partial charge in [0.15, 0.2) is 6.61 Å². The molecule has 0 amide bonds. The summed E-state index contributed by atoms with van der Waals surface area (Å²) in [6, 6.07) is 15.0. The van der Waals surface area contributed by atoms with Gasteiger partial charge in [-0.15, -0.1) is 0 Å². The van der Waals surface area contributed by atoms with Gasteiger partial charge in [-0.1, -0.05) is 23.4 Å². The van der Waals surface area contributed by atoms with E-state index in [0.29, 0.717) is 17.1 Å². The molecule has 0 radical (unpaired) electrons. The number of benzene rings is 2. The predicted octanol–water partition coefficient (Wildman–Crippen LogP) is 3.59. The van der Waals surface area contributed by atoms with Crippen molar-refractivity contribution in [2.75, 3.05) is 0 Å². The van der Waals surface area contributed by atoms with Gasteiger partial charge in [0, 0.05) is 23.3 Å². The molecule has 4 aromatic rings. The zero-order valence-corrected chi connectivity index (χ0v) is 15.4. The zero-order chi connectivity index (χ0) is 20.9. The van der Waals surface area contributed by atoms with Gasteiger partial charge in [-0.05, 0) is 24.3 Å². The Balaban J connectivity index is 1.32. The molecule has 4 rings (SSSR count). The van der Waals surface area contributed by atoms with Crippen molar-refractivity contribution in [1.29, 1.82) is 0 Å². The maximum Gasteiger partial charge on any atom is 0.312 e.